The molecule has 0 unspecified atom stereocenters. The number of halogens is 1. The minimum Gasteiger partial charge on any atom is -0.356 e. The fourth-order valence-corrected chi connectivity index (χ4v) is 4.01. The van der Waals surface area contributed by atoms with Crippen molar-refractivity contribution < 1.29 is 13.7 Å². The Balaban J connectivity index is 1.67. The van der Waals surface area contributed by atoms with Crippen molar-refractivity contribution in [3.63, 3.8) is 0 Å². The zero-order valence-electron chi connectivity index (χ0n) is 17.0. The summed E-state index contributed by atoms with van der Waals surface area (Å²) in [5.74, 6) is 0.264. The summed E-state index contributed by atoms with van der Waals surface area (Å²) < 4.78 is 21.4. The van der Waals surface area contributed by atoms with Gasteiger partial charge in [-0.2, -0.15) is 5.10 Å². The molecule has 1 saturated heterocycles. The van der Waals surface area contributed by atoms with Gasteiger partial charge in [-0.1, -0.05) is 23.4 Å². The second-order valence-corrected chi connectivity index (χ2v) is 7.69. The molecule has 0 N–H and O–H groups in total. The van der Waals surface area contributed by atoms with Crippen LogP contribution in [0.15, 0.2) is 35.0 Å². The number of aromatic nitrogens is 3. The van der Waals surface area contributed by atoms with E-state index in [0.717, 1.165) is 41.8 Å². The van der Waals surface area contributed by atoms with Crippen molar-refractivity contribution in [3.05, 3.63) is 58.8 Å². The highest BCUT2D eigenvalue weighted by Gasteiger charge is 2.33. The largest absolute Gasteiger partial charge is 0.356 e. The third-order valence-electron chi connectivity index (χ3n) is 5.70. The molecule has 1 fully saturated rings. The van der Waals surface area contributed by atoms with E-state index in [9.17, 15) is 9.18 Å². The minimum absolute atomic E-state index is 0.0474. The van der Waals surface area contributed by atoms with Gasteiger partial charge < -0.3 is 9.42 Å². The van der Waals surface area contributed by atoms with E-state index in [1.165, 1.54) is 6.07 Å². The van der Waals surface area contributed by atoms with Crippen LogP contribution in [-0.4, -0.2) is 32.3 Å². The Kier molecular flexibility index (Phi) is 5.22. The number of benzene rings is 1. The first-order valence-electron chi connectivity index (χ1n) is 9.95. The maximum atomic E-state index is 14.1. The van der Waals surface area contributed by atoms with Crippen molar-refractivity contribution in [1.29, 1.82) is 0 Å². The van der Waals surface area contributed by atoms with Gasteiger partial charge in [0.25, 0.3) is 0 Å². The van der Waals surface area contributed by atoms with Crippen LogP contribution in [0.1, 0.15) is 47.8 Å². The molecule has 29 heavy (non-hydrogen) atoms. The Morgan fingerprint density at radius 1 is 1.28 bits per heavy atom. The van der Waals surface area contributed by atoms with E-state index < -0.39 is 0 Å². The smallest absolute Gasteiger partial charge is 0.227 e. The second-order valence-electron chi connectivity index (χ2n) is 7.69. The van der Waals surface area contributed by atoms with E-state index in [1.807, 2.05) is 32.0 Å². The van der Waals surface area contributed by atoms with Crippen LogP contribution in [0.5, 0.6) is 0 Å². The van der Waals surface area contributed by atoms with Crippen molar-refractivity contribution in [2.75, 3.05) is 6.54 Å². The number of nitrogens with zero attached hydrogens (tertiary/aromatic N) is 4. The van der Waals surface area contributed by atoms with Gasteiger partial charge in [0, 0.05) is 25.4 Å². The molecular weight excluding hydrogens is 371 g/mol. The van der Waals surface area contributed by atoms with Gasteiger partial charge in [-0.15, -0.1) is 0 Å². The van der Waals surface area contributed by atoms with Crippen molar-refractivity contribution in [2.45, 2.75) is 45.6 Å². The van der Waals surface area contributed by atoms with Crippen LogP contribution < -0.4 is 0 Å². The molecule has 0 aliphatic carbocycles. The Bertz CT molecular complexity index is 1040. The lowest BCUT2D eigenvalue weighted by Crippen LogP contribution is -2.40. The van der Waals surface area contributed by atoms with Gasteiger partial charge in [0.2, 0.25) is 5.91 Å². The van der Waals surface area contributed by atoms with Gasteiger partial charge in [-0.3, -0.25) is 9.48 Å². The maximum Gasteiger partial charge on any atom is 0.227 e. The number of hydrogen-bond acceptors (Lipinski definition) is 4. The molecule has 1 aromatic carbocycles. The summed E-state index contributed by atoms with van der Waals surface area (Å²) in [4.78, 5) is 15.0. The molecular formula is C22H25FN4O2. The monoisotopic (exact) mass is 396 g/mol. The van der Waals surface area contributed by atoms with Crippen LogP contribution in [0.2, 0.25) is 0 Å². The zero-order chi connectivity index (χ0) is 20.5. The average molecular weight is 396 g/mol. The molecule has 3 heterocycles. The number of carbonyl (C=O) groups excluding carboxylic acids is 1. The number of carbonyl (C=O) groups is 1. The number of aryl methyl sites for hydroxylation is 2. The summed E-state index contributed by atoms with van der Waals surface area (Å²) in [7, 11) is 1.86. The summed E-state index contributed by atoms with van der Waals surface area (Å²) in [5, 5.41) is 8.75. The fraction of sp³-hybridized carbons (Fsp3) is 0.409. The van der Waals surface area contributed by atoms with Gasteiger partial charge in [-0.25, -0.2) is 4.39 Å². The molecule has 3 aromatic rings. The molecule has 0 bridgehead atoms. The summed E-state index contributed by atoms with van der Waals surface area (Å²) in [5.41, 5.74) is 3.91. The lowest BCUT2D eigenvalue weighted by molar-refractivity contribution is -0.134. The molecule has 4 rings (SSSR count). The zero-order valence-corrected chi connectivity index (χ0v) is 17.0. The minimum atomic E-state index is -0.347. The summed E-state index contributed by atoms with van der Waals surface area (Å²) in [6.45, 7) is 4.52. The number of rotatable bonds is 4. The molecule has 0 saturated carbocycles. The molecule has 6 nitrogen and oxygen atoms in total. The van der Waals surface area contributed by atoms with Crippen LogP contribution in [0, 0.1) is 19.7 Å². The van der Waals surface area contributed by atoms with Crippen LogP contribution in [0.3, 0.4) is 0 Å². The number of amides is 1. The first-order valence-corrected chi connectivity index (χ1v) is 9.95. The van der Waals surface area contributed by atoms with Gasteiger partial charge in [0.15, 0.2) is 5.76 Å². The molecule has 7 heteroatoms. The fourth-order valence-electron chi connectivity index (χ4n) is 4.01. The summed E-state index contributed by atoms with van der Waals surface area (Å²) in [6.07, 6.45) is 4.72. The second kappa shape index (κ2) is 7.81. The van der Waals surface area contributed by atoms with Gasteiger partial charge in [-0.05, 0) is 44.7 Å². The molecule has 1 aliphatic rings. The SMILES string of the molecule is Cc1noc(-c2cn(C)nc2[C@@H]2CCCCN2C(=O)Cc2ccccc2F)c1C. The highest BCUT2D eigenvalue weighted by atomic mass is 19.1. The topological polar surface area (TPSA) is 64.2 Å². The van der Waals surface area contributed by atoms with Crippen LogP contribution in [0.25, 0.3) is 11.3 Å². The number of piperidine rings is 1. The van der Waals surface area contributed by atoms with E-state index in [-0.39, 0.29) is 24.2 Å². The normalized spacial score (nSPS) is 17.0. The molecule has 1 amide bonds. The molecule has 0 spiro atoms. The molecule has 0 radical (unpaired) electrons. The van der Waals surface area contributed by atoms with Crippen molar-refractivity contribution >= 4 is 5.91 Å². The molecule has 152 valence electrons. The van der Waals surface area contributed by atoms with Crippen LogP contribution >= 0.6 is 0 Å². The Hall–Kier alpha value is -2.96. The number of hydrogen-bond donors (Lipinski definition) is 0. The Morgan fingerprint density at radius 3 is 2.79 bits per heavy atom. The molecule has 2 aromatic heterocycles. The Labute approximate surface area is 169 Å². The first kappa shape index (κ1) is 19.4. The predicted molar refractivity (Wildman–Crippen MR) is 107 cm³/mol. The van der Waals surface area contributed by atoms with Crippen LogP contribution in [0.4, 0.5) is 4.39 Å². The van der Waals surface area contributed by atoms with Crippen molar-refractivity contribution in [3.8, 4) is 11.3 Å². The highest BCUT2D eigenvalue weighted by molar-refractivity contribution is 5.80. The third kappa shape index (κ3) is 3.69. The van der Waals surface area contributed by atoms with Crippen molar-refractivity contribution in [1.82, 2.24) is 19.8 Å². The van der Waals surface area contributed by atoms with E-state index in [2.05, 4.69) is 10.3 Å². The van der Waals surface area contributed by atoms with E-state index in [4.69, 9.17) is 4.52 Å². The van der Waals surface area contributed by atoms with Gasteiger partial charge >= 0.3 is 0 Å². The average Bonchev–Trinajstić information content (AvgIpc) is 3.25. The van der Waals surface area contributed by atoms with E-state index >= 15 is 0 Å². The maximum absolute atomic E-state index is 14.1. The van der Waals surface area contributed by atoms with Crippen molar-refractivity contribution in [2.24, 2.45) is 7.05 Å². The van der Waals surface area contributed by atoms with E-state index in [0.29, 0.717) is 17.9 Å². The molecule has 1 aliphatic heterocycles. The van der Waals surface area contributed by atoms with Crippen LogP contribution in [-0.2, 0) is 18.3 Å². The number of likely N-dealkylation sites (tertiary alicyclic amines) is 1. The first-order chi connectivity index (χ1) is 14.0. The predicted octanol–water partition coefficient (Wildman–Crippen LogP) is 4.13. The molecule has 1 atom stereocenters. The van der Waals surface area contributed by atoms with E-state index in [1.54, 1.807) is 22.9 Å². The third-order valence-corrected chi connectivity index (χ3v) is 5.70. The lowest BCUT2D eigenvalue weighted by Gasteiger charge is -2.35. The standard InChI is InChI=1S/C22H25FN4O2/c1-14-15(2)25-29-22(14)17-13-26(3)24-21(17)19-10-6-7-11-27(19)20(28)12-16-8-4-5-9-18(16)23/h4-5,8-9,13,19H,6-7,10-12H2,1-3H3/t19-/m0/s1. The quantitative estimate of drug-likeness (QED) is 0.665. The summed E-state index contributed by atoms with van der Waals surface area (Å²) >= 11 is 0. The lowest BCUT2D eigenvalue weighted by atomic mass is 9.94. The van der Waals surface area contributed by atoms with Gasteiger partial charge in [0.05, 0.1) is 29.4 Å². The highest BCUT2D eigenvalue weighted by Crippen LogP contribution is 2.38. The summed E-state index contributed by atoms with van der Waals surface area (Å²) in [6, 6.07) is 6.28. The Morgan fingerprint density at radius 2 is 2.07 bits per heavy atom. The van der Waals surface area contributed by atoms with Gasteiger partial charge in [0.1, 0.15) is 5.82 Å².